The first-order valence-corrected chi connectivity index (χ1v) is 5.51. The molecule has 0 unspecified atom stereocenters. The molecule has 0 fully saturated rings. The van der Waals surface area contributed by atoms with Crippen molar-refractivity contribution in [2.45, 2.75) is 6.92 Å². The van der Waals surface area contributed by atoms with E-state index in [4.69, 9.17) is 10.00 Å². The second-order valence-corrected chi connectivity index (χ2v) is 3.38. The molecule has 2 N–H and O–H groups in total. The summed E-state index contributed by atoms with van der Waals surface area (Å²) in [5.41, 5.74) is 0.547. The summed E-state index contributed by atoms with van der Waals surface area (Å²) >= 11 is 0. The van der Waals surface area contributed by atoms with Crippen LogP contribution in [0.5, 0.6) is 5.75 Å². The fourth-order valence-corrected chi connectivity index (χ4v) is 1.29. The molecule has 0 spiro atoms. The van der Waals surface area contributed by atoms with Gasteiger partial charge >= 0.3 is 0 Å². The van der Waals surface area contributed by atoms with Crippen LogP contribution in [0, 0.1) is 11.3 Å². The monoisotopic (exact) mass is 245 g/mol. The molecule has 0 saturated carbocycles. The fourth-order valence-electron chi connectivity index (χ4n) is 1.29. The molecule has 0 heterocycles. The highest BCUT2D eigenvalue weighted by molar-refractivity contribution is 6.07. The SMILES string of the molecule is CCN/C=C(/C#N)C(=O)Nc1ccccc1OC. The number of amides is 1. The number of nitrogens with zero attached hydrogens (tertiary/aromatic N) is 1. The Morgan fingerprint density at radius 2 is 2.22 bits per heavy atom. The van der Waals surface area contributed by atoms with E-state index in [1.54, 1.807) is 24.3 Å². The summed E-state index contributed by atoms with van der Waals surface area (Å²) in [6, 6.07) is 8.86. The lowest BCUT2D eigenvalue weighted by Crippen LogP contribution is -2.16. The number of benzene rings is 1. The molecule has 5 heteroatoms. The largest absolute Gasteiger partial charge is 0.495 e. The zero-order valence-electron chi connectivity index (χ0n) is 10.4. The number of rotatable bonds is 5. The van der Waals surface area contributed by atoms with Gasteiger partial charge in [0, 0.05) is 12.7 Å². The first-order chi connectivity index (χ1) is 8.72. The summed E-state index contributed by atoms with van der Waals surface area (Å²) in [6.45, 7) is 2.52. The molecule has 1 amide bonds. The summed E-state index contributed by atoms with van der Waals surface area (Å²) in [5.74, 6) is 0.0783. The maximum absolute atomic E-state index is 11.8. The molecule has 0 aliphatic carbocycles. The van der Waals surface area contributed by atoms with Crippen LogP contribution < -0.4 is 15.4 Å². The van der Waals surface area contributed by atoms with Gasteiger partial charge in [-0.2, -0.15) is 5.26 Å². The van der Waals surface area contributed by atoms with Gasteiger partial charge in [-0.05, 0) is 19.1 Å². The Hall–Kier alpha value is -2.48. The molecular weight excluding hydrogens is 230 g/mol. The summed E-state index contributed by atoms with van der Waals surface area (Å²) < 4.78 is 5.11. The Morgan fingerprint density at radius 3 is 2.83 bits per heavy atom. The molecule has 0 atom stereocenters. The molecule has 0 aliphatic rings. The third-order valence-electron chi connectivity index (χ3n) is 2.17. The van der Waals surface area contributed by atoms with Gasteiger partial charge in [0.15, 0.2) is 0 Å². The minimum absolute atomic E-state index is 0.0164. The van der Waals surface area contributed by atoms with E-state index < -0.39 is 5.91 Å². The molecule has 18 heavy (non-hydrogen) atoms. The van der Waals surface area contributed by atoms with Crippen molar-refractivity contribution in [1.29, 1.82) is 5.26 Å². The number of ether oxygens (including phenoxy) is 1. The quantitative estimate of drug-likeness (QED) is 0.611. The predicted octanol–water partition coefficient (Wildman–Crippen LogP) is 1.65. The normalized spacial score (nSPS) is 10.4. The van der Waals surface area contributed by atoms with E-state index in [2.05, 4.69) is 10.6 Å². The summed E-state index contributed by atoms with van der Waals surface area (Å²) in [4.78, 5) is 11.8. The van der Waals surface area contributed by atoms with Crippen LogP contribution in [0.4, 0.5) is 5.69 Å². The molecule has 1 aromatic carbocycles. The Balaban J connectivity index is 2.84. The predicted molar refractivity (Wildman–Crippen MR) is 69.0 cm³/mol. The minimum atomic E-state index is -0.469. The van der Waals surface area contributed by atoms with E-state index in [1.807, 2.05) is 13.0 Å². The third kappa shape index (κ3) is 3.52. The minimum Gasteiger partial charge on any atom is -0.495 e. The van der Waals surface area contributed by atoms with Gasteiger partial charge in [0.1, 0.15) is 17.4 Å². The Labute approximate surface area is 106 Å². The van der Waals surface area contributed by atoms with Gasteiger partial charge in [0.25, 0.3) is 5.91 Å². The van der Waals surface area contributed by atoms with Crippen LogP contribution in [-0.4, -0.2) is 19.6 Å². The highest BCUT2D eigenvalue weighted by Gasteiger charge is 2.11. The van der Waals surface area contributed by atoms with Crippen molar-refractivity contribution >= 4 is 11.6 Å². The van der Waals surface area contributed by atoms with Crippen molar-refractivity contribution in [3.8, 4) is 11.8 Å². The van der Waals surface area contributed by atoms with Crippen molar-refractivity contribution in [2.75, 3.05) is 19.0 Å². The van der Waals surface area contributed by atoms with Crippen LogP contribution in [-0.2, 0) is 4.79 Å². The second kappa shape index (κ2) is 6.97. The summed E-state index contributed by atoms with van der Waals surface area (Å²) in [7, 11) is 1.52. The van der Waals surface area contributed by atoms with Crippen LogP contribution in [0.3, 0.4) is 0 Å². The van der Waals surface area contributed by atoms with Gasteiger partial charge in [0.2, 0.25) is 0 Å². The van der Waals surface area contributed by atoms with E-state index in [1.165, 1.54) is 13.3 Å². The zero-order valence-corrected chi connectivity index (χ0v) is 10.4. The van der Waals surface area contributed by atoms with Crippen molar-refractivity contribution in [3.05, 3.63) is 36.0 Å². The van der Waals surface area contributed by atoms with Gasteiger partial charge in [-0.25, -0.2) is 0 Å². The number of hydrogen-bond donors (Lipinski definition) is 2. The number of para-hydroxylation sites is 2. The summed E-state index contributed by atoms with van der Waals surface area (Å²) in [6.07, 6.45) is 1.39. The van der Waals surface area contributed by atoms with Gasteiger partial charge in [-0.1, -0.05) is 12.1 Å². The second-order valence-electron chi connectivity index (χ2n) is 3.38. The molecular formula is C13H15N3O2. The van der Waals surface area contributed by atoms with E-state index in [0.29, 0.717) is 18.0 Å². The Kier molecular flexibility index (Phi) is 5.26. The van der Waals surface area contributed by atoms with Crippen molar-refractivity contribution in [3.63, 3.8) is 0 Å². The highest BCUT2D eigenvalue weighted by Crippen LogP contribution is 2.23. The number of carbonyl (C=O) groups is 1. The molecule has 0 aromatic heterocycles. The molecule has 1 rings (SSSR count). The van der Waals surface area contributed by atoms with Gasteiger partial charge in [-0.3, -0.25) is 4.79 Å². The first kappa shape index (κ1) is 13.6. The maximum Gasteiger partial charge on any atom is 0.267 e. The number of hydrogen-bond acceptors (Lipinski definition) is 4. The van der Waals surface area contributed by atoms with Crippen LogP contribution >= 0.6 is 0 Å². The number of nitrogens with one attached hydrogen (secondary N) is 2. The van der Waals surface area contributed by atoms with Crippen molar-refractivity contribution < 1.29 is 9.53 Å². The first-order valence-electron chi connectivity index (χ1n) is 5.51. The molecule has 94 valence electrons. The van der Waals surface area contributed by atoms with E-state index in [0.717, 1.165) is 0 Å². The van der Waals surface area contributed by atoms with Crippen LogP contribution in [0.15, 0.2) is 36.0 Å². The molecule has 5 nitrogen and oxygen atoms in total. The standard InChI is InChI=1S/C13H15N3O2/c1-3-15-9-10(8-14)13(17)16-11-6-4-5-7-12(11)18-2/h4-7,9,15H,3H2,1-2H3,(H,16,17)/b10-9-. The lowest BCUT2D eigenvalue weighted by Gasteiger charge is -2.09. The number of anilines is 1. The molecule has 0 saturated heterocycles. The molecule has 0 bridgehead atoms. The van der Waals surface area contributed by atoms with E-state index >= 15 is 0 Å². The van der Waals surface area contributed by atoms with Crippen LogP contribution in [0.1, 0.15) is 6.92 Å². The van der Waals surface area contributed by atoms with Gasteiger partial charge in [-0.15, -0.1) is 0 Å². The Morgan fingerprint density at radius 1 is 1.50 bits per heavy atom. The van der Waals surface area contributed by atoms with Gasteiger partial charge in [0.05, 0.1) is 12.8 Å². The van der Waals surface area contributed by atoms with Crippen molar-refractivity contribution in [1.82, 2.24) is 5.32 Å². The molecule has 0 aliphatic heterocycles. The number of methoxy groups -OCH3 is 1. The van der Waals surface area contributed by atoms with Crippen LogP contribution in [0.2, 0.25) is 0 Å². The highest BCUT2D eigenvalue weighted by atomic mass is 16.5. The number of nitriles is 1. The van der Waals surface area contributed by atoms with Crippen LogP contribution in [0.25, 0.3) is 0 Å². The fraction of sp³-hybridized carbons (Fsp3) is 0.231. The number of carbonyl (C=O) groups excluding carboxylic acids is 1. The molecule has 0 radical (unpaired) electrons. The average Bonchev–Trinajstić information content (AvgIpc) is 2.40. The van der Waals surface area contributed by atoms with Gasteiger partial charge < -0.3 is 15.4 Å². The topological polar surface area (TPSA) is 74.2 Å². The zero-order chi connectivity index (χ0) is 13.4. The lowest BCUT2D eigenvalue weighted by atomic mass is 10.2. The molecule has 1 aromatic rings. The maximum atomic E-state index is 11.8. The van der Waals surface area contributed by atoms with Crippen molar-refractivity contribution in [2.24, 2.45) is 0 Å². The third-order valence-corrected chi connectivity index (χ3v) is 2.17. The van der Waals surface area contributed by atoms with E-state index in [-0.39, 0.29) is 5.57 Å². The lowest BCUT2D eigenvalue weighted by molar-refractivity contribution is -0.112. The summed E-state index contributed by atoms with van der Waals surface area (Å²) in [5, 5.41) is 14.3. The Bertz CT molecular complexity index is 489. The smallest absolute Gasteiger partial charge is 0.267 e. The van der Waals surface area contributed by atoms with E-state index in [9.17, 15) is 4.79 Å². The average molecular weight is 245 g/mol.